The van der Waals surface area contributed by atoms with Crippen LogP contribution in [0.25, 0.3) is 11.1 Å². The van der Waals surface area contributed by atoms with Crippen molar-refractivity contribution in [2.24, 2.45) is 5.41 Å². The maximum absolute atomic E-state index is 12.7. The lowest BCUT2D eigenvalue weighted by molar-refractivity contribution is -0.140. The third kappa shape index (κ3) is 5.12. The van der Waals surface area contributed by atoms with Crippen LogP contribution in [-0.2, 0) is 9.53 Å². The Morgan fingerprint density at radius 1 is 1.03 bits per heavy atom. The zero-order valence-corrected chi connectivity index (χ0v) is 20.3. The zero-order valence-electron chi connectivity index (χ0n) is 20.3. The van der Waals surface area contributed by atoms with Crippen molar-refractivity contribution < 1.29 is 19.4 Å². The van der Waals surface area contributed by atoms with E-state index in [-0.39, 0.29) is 17.9 Å². The largest absolute Gasteiger partial charge is 0.480 e. The van der Waals surface area contributed by atoms with Crippen molar-refractivity contribution in [3.05, 3.63) is 59.7 Å². The number of aliphatic carboxylic acids is 1. The van der Waals surface area contributed by atoms with E-state index in [0.29, 0.717) is 6.42 Å². The first-order chi connectivity index (χ1) is 16.5. The van der Waals surface area contributed by atoms with Crippen molar-refractivity contribution >= 4 is 12.1 Å². The van der Waals surface area contributed by atoms with E-state index in [0.717, 1.165) is 67.6 Å². The molecule has 1 unspecified atom stereocenters. The number of ether oxygens (including phenoxy) is 1. The molecule has 0 spiro atoms. The van der Waals surface area contributed by atoms with E-state index in [2.05, 4.69) is 48.3 Å². The van der Waals surface area contributed by atoms with Gasteiger partial charge in [-0.2, -0.15) is 0 Å². The number of benzene rings is 2. The van der Waals surface area contributed by atoms with Crippen molar-refractivity contribution in [1.82, 2.24) is 10.2 Å². The Balaban J connectivity index is 1.42. The molecule has 6 heteroatoms. The van der Waals surface area contributed by atoms with E-state index < -0.39 is 18.1 Å². The first-order valence-electron chi connectivity index (χ1n) is 12.5. The lowest BCUT2D eigenvalue weighted by atomic mass is 9.79. The van der Waals surface area contributed by atoms with E-state index in [1.807, 2.05) is 24.3 Å². The van der Waals surface area contributed by atoms with Gasteiger partial charge in [0.05, 0.1) is 0 Å². The molecule has 1 saturated carbocycles. The van der Waals surface area contributed by atoms with E-state index >= 15 is 0 Å². The summed E-state index contributed by atoms with van der Waals surface area (Å²) in [5.74, 6) is -1.05. The Kier molecular flexibility index (Phi) is 7.57. The highest BCUT2D eigenvalue weighted by Gasteiger charge is 2.40. The summed E-state index contributed by atoms with van der Waals surface area (Å²) in [5.41, 5.74) is 4.52. The molecule has 0 saturated heterocycles. The van der Waals surface area contributed by atoms with Crippen LogP contribution in [-0.4, -0.2) is 54.4 Å². The van der Waals surface area contributed by atoms with Gasteiger partial charge in [0, 0.05) is 12.5 Å². The molecule has 34 heavy (non-hydrogen) atoms. The highest BCUT2D eigenvalue weighted by molar-refractivity contribution is 5.81. The summed E-state index contributed by atoms with van der Waals surface area (Å²) in [6.07, 6.45) is 3.99. The van der Waals surface area contributed by atoms with Gasteiger partial charge >= 0.3 is 12.1 Å². The highest BCUT2D eigenvalue weighted by atomic mass is 16.5. The van der Waals surface area contributed by atoms with Crippen molar-refractivity contribution in [3.63, 3.8) is 0 Å². The number of carboxylic acid groups (broad SMARTS) is 1. The molecular weight excluding hydrogens is 428 g/mol. The number of nitrogens with one attached hydrogen (secondary N) is 1. The molecule has 182 valence electrons. The molecular formula is C28H36N2O4. The van der Waals surface area contributed by atoms with Gasteiger partial charge in [-0.05, 0) is 60.0 Å². The number of carbonyl (C=O) groups is 2. The van der Waals surface area contributed by atoms with Crippen LogP contribution in [0.1, 0.15) is 63.0 Å². The van der Waals surface area contributed by atoms with Crippen molar-refractivity contribution in [2.75, 3.05) is 26.2 Å². The third-order valence-electron chi connectivity index (χ3n) is 7.69. The quantitative estimate of drug-likeness (QED) is 0.501. The Morgan fingerprint density at radius 2 is 1.59 bits per heavy atom. The lowest BCUT2D eigenvalue weighted by Crippen LogP contribution is -2.47. The standard InChI is InChI=1S/C28H36N2O4/c1-3-30(4-2)19-28(15-9-10-16-28)17-25(26(31)32)29-27(33)34-18-24-22-13-7-5-11-20(22)21-12-6-8-14-23(21)24/h5-8,11-14,24-25H,3-4,9-10,15-19H2,1-2H3,(H,29,33)(H,31,32). The minimum atomic E-state index is -1.00. The topological polar surface area (TPSA) is 78.9 Å². The van der Waals surface area contributed by atoms with E-state index in [4.69, 9.17) is 4.74 Å². The van der Waals surface area contributed by atoms with Gasteiger partial charge in [-0.3, -0.25) is 0 Å². The average Bonchev–Trinajstić information content (AvgIpc) is 3.43. The number of carboxylic acids is 1. The molecule has 0 aromatic heterocycles. The molecule has 1 fully saturated rings. The normalized spacial score (nSPS) is 17.3. The summed E-state index contributed by atoms with van der Waals surface area (Å²) in [5, 5.41) is 12.6. The van der Waals surface area contributed by atoms with Crippen LogP contribution in [0.2, 0.25) is 0 Å². The molecule has 0 radical (unpaired) electrons. The van der Waals surface area contributed by atoms with E-state index in [1.165, 1.54) is 0 Å². The summed E-state index contributed by atoms with van der Waals surface area (Å²) < 4.78 is 5.62. The fourth-order valence-electron chi connectivity index (χ4n) is 5.89. The summed E-state index contributed by atoms with van der Waals surface area (Å²) >= 11 is 0. The lowest BCUT2D eigenvalue weighted by Gasteiger charge is -2.36. The molecule has 2 aromatic rings. The molecule has 1 atom stereocenters. The van der Waals surface area contributed by atoms with Crippen molar-refractivity contribution in [1.29, 1.82) is 0 Å². The Labute approximate surface area is 202 Å². The molecule has 0 bridgehead atoms. The molecule has 2 N–H and O–H groups in total. The Hall–Kier alpha value is -2.86. The minimum Gasteiger partial charge on any atom is -0.480 e. The molecule has 2 aromatic carbocycles. The number of amides is 1. The predicted molar refractivity (Wildman–Crippen MR) is 133 cm³/mol. The number of rotatable bonds is 10. The SMILES string of the molecule is CCN(CC)CC1(CC(NC(=O)OCC2c3ccccc3-c3ccccc32)C(=O)O)CCCC1. The van der Waals surface area contributed by atoms with Crippen LogP contribution >= 0.6 is 0 Å². The van der Waals surface area contributed by atoms with Crippen LogP contribution in [0.3, 0.4) is 0 Å². The summed E-state index contributed by atoms with van der Waals surface area (Å²) in [6.45, 7) is 7.20. The minimum absolute atomic E-state index is 0.0507. The van der Waals surface area contributed by atoms with Crippen LogP contribution in [0.5, 0.6) is 0 Å². The molecule has 0 aliphatic heterocycles. The number of alkyl carbamates (subject to hydrolysis) is 1. The molecule has 1 amide bonds. The summed E-state index contributed by atoms with van der Waals surface area (Å²) in [6, 6.07) is 15.4. The van der Waals surface area contributed by atoms with Crippen molar-refractivity contribution in [3.8, 4) is 11.1 Å². The fourth-order valence-corrected chi connectivity index (χ4v) is 5.89. The third-order valence-corrected chi connectivity index (χ3v) is 7.69. The van der Waals surface area contributed by atoms with Gasteiger partial charge in [-0.15, -0.1) is 0 Å². The van der Waals surface area contributed by atoms with Gasteiger partial charge in [0.25, 0.3) is 0 Å². The van der Waals surface area contributed by atoms with Crippen LogP contribution in [0, 0.1) is 5.41 Å². The first kappa shape index (κ1) is 24.3. The van der Waals surface area contributed by atoms with Gasteiger partial charge < -0.3 is 20.1 Å². The van der Waals surface area contributed by atoms with Gasteiger partial charge in [-0.25, -0.2) is 9.59 Å². The highest BCUT2D eigenvalue weighted by Crippen LogP contribution is 2.45. The monoisotopic (exact) mass is 464 g/mol. The van der Waals surface area contributed by atoms with E-state index in [9.17, 15) is 14.7 Å². The van der Waals surface area contributed by atoms with Gasteiger partial charge in [0.2, 0.25) is 0 Å². The number of fused-ring (bicyclic) bond motifs is 3. The molecule has 6 nitrogen and oxygen atoms in total. The van der Waals surface area contributed by atoms with Crippen molar-refractivity contribution in [2.45, 2.75) is 57.9 Å². The average molecular weight is 465 g/mol. The van der Waals surface area contributed by atoms with Crippen LogP contribution in [0.15, 0.2) is 48.5 Å². The van der Waals surface area contributed by atoms with Crippen LogP contribution < -0.4 is 5.32 Å². The van der Waals surface area contributed by atoms with Crippen LogP contribution in [0.4, 0.5) is 4.79 Å². The van der Waals surface area contributed by atoms with Gasteiger partial charge in [0.15, 0.2) is 0 Å². The first-order valence-corrected chi connectivity index (χ1v) is 12.5. The second-order valence-corrected chi connectivity index (χ2v) is 9.73. The molecule has 0 heterocycles. The van der Waals surface area contributed by atoms with Gasteiger partial charge in [0.1, 0.15) is 12.6 Å². The summed E-state index contributed by atoms with van der Waals surface area (Å²) in [4.78, 5) is 27.2. The number of carbonyl (C=O) groups excluding carboxylic acids is 1. The molecule has 2 aliphatic rings. The molecule has 2 aliphatic carbocycles. The fraction of sp³-hybridized carbons (Fsp3) is 0.500. The Morgan fingerprint density at radius 3 is 2.12 bits per heavy atom. The molecule has 4 rings (SSSR count). The Bertz CT molecular complexity index is 965. The second kappa shape index (κ2) is 10.6. The maximum atomic E-state index is 12.7. The predicted octanol–water partition coefficient (Wildman–Crippen LogP) is 5.27. The smallest absolute Gasteiger partial charge is 0.407 e. The van der Waals surface area contributed by atoms with Gasteiger partial charge in [-0.1, -0.05) is 75.2 Å². The number of hydrogen-bond acceptors (Lipinski definition) is 4. The van der Waals surface area contributed by atoms with E-state index in [1.54, 1.807) is 0 Å². The second-order valence-electron chi connectivity index (χ2n) is 9.73. The number of nitrogens with zero attached hydrogens (tertiary/aromatic N) is 1. The zero-order chi connectivity index (χ0) is 24.1. The summed E-state index contributed by atoms with van der Waals surface area (Å²) in [7, 11) is 0. The number of hydrogen-bond donors (Lipinski definition) is 2. The maximum Gasteiger partial charge on any atom is 0.407 e.